The van der Waals surface area contributed by atoms with Gasteiger partial charge in [-0.05, 0) is 31.9 Å². The summed E-state index contributed by atoms with van der Waals surface area (Å²) in [5.74, 6) is 1.52. The molecule has 206 valence electrons. The first-order chi connectivity index (χ1) is 18.3. The Morgan fingerprint density at radius 2 is 1.87 bits per heavy atom. The maximum Gasteiger partial charge on any atom is 0.243 e. The van der Waals surface area contributed by atoms with Gasteiger partial charge in [0.25, 0.3) is 0 Å². The highest BCUT2D eigenvalue weighted by Gasteiger charge is 2.36. The van der Waals surface area contributed by atoms with E-state index in [1.165, 1.54) is 33.5 Å². The Balaban J connectivity index is 1.77. The number of nitrogens with one attached hydrogen (secondary N) is 1. The van der Waals surface area contributed by atoms with Crippen LogP contribution in [0.15, 0.2) is 30.6 Å². The summed E-state index contributed by atoms with van der Waals surface area (Å²) in [6.45, 7) is 4.76. The van der Waals surface area contributed by atoms with Gasteiger partial charge in [-0.25, -0.2) is 18.4 Å². The number of para-hydroxylation sites is 1. The van der Waals surface area contributed by atoms with Gasteiger partial charge in [0.1, 0.15) is 34.4 Å². The van der Waals surface area contributed by atoms with E-state index in [1.807, 2.05) is 6.92 Å². The molecule has 14 heteroatoms. The monoisotopic (exact) mass is 566 g/mol. The van der Waals surface area contributed by atoms with E-state index in [-0.39, 0.29) is 17.7 Å². The van der Waals surface area contributed by atoms with E-state index in [2.05, 4.69) is 24.9 Å². The van der Waals surface area contributed by atoms with E-state index in [0.29, 0.717) is 60.7 Å². The minimum Gasteiger partial charge on any atom is -0.494 e. The van der Waals surface area contributed by atoms with Crippen molar-refractivity contribution < 1.29 is 27.4 Å². The van der Waals surface area contributed by atoms with Gasteiger partial charge in [-0.15, -0.1) is 10.2 Å². The lowest BCUT2D eigenvalue weighted by Crippen LogP contribution is -2.34. The smallest absolute Gasteiger partial charge is 0.243 e. The molecule has 0 amide bonds. The Morgan fingerprint density at radius 1 is 1.18 bits per heavy atom. The SMILES string of the molecule is CCCO[C@@H](c1ncc(Cl)cn1)[C@H](C)S(=O)(=O)Nc1nnc([C@@H]2CCOC2)n1-c1c(OC)cccc1OC. The average Bonchev–Trinajstić information content (AvgIpc) is 3.59. The second kappa shape index (κ2) is 12.2. The van der Waals surface area contributed by atoms with Gasteiger partial charge in [0.05, 0.1) is 25.8 Å². The van der Waals surface area contributed by atoms with Crippen LogP contribution in [0.25, 0.3) is 5.69 Å². The highest BCUT2D eigenvalue weighted by Crippen LogP contribution is 2.38. The van der Waals surface area contributed by atoms with Crippen molar-refractivity contribution >= 4 is 27.6 Å². The Bertz CT molecular complexity index is 1310. The van der Waals surface area contributed by atoms with E-state index >= 15 is 0 Å². The van der Waals surface area contributed by atoms with Crippen molar-refractivity contribution in [3.63, 3.8) is 0 Å². The third kappa shape index (κ3) is 5.85. The summed E-state index contributed by atoms with van der Waals surface area (Å²) in [4.78, 5) is 8.40. The molecule has 0 spiro atoms. The van der Waals surface area contributed by atoms with Gasteiger partial charge in [0, 0.05) is 31.5 Å². The number of hydrogen-bond acceptors (Lipinski definition) is 10. The summed E-state index contributed by atoms with van der Waals surface area (Å²) in [6, 6.07) is 5.28. The van der Waals surface area contributed by atoms with Crippen LogP contribution in [0.4, 0.5) is 5.95 Å². The highest BCUT2D eigenvalue weighted by atomic mass is 35.5. The van der Waals surface area contributed by atoms with Gasteiger partial charge in [0.15, 0.2) is 5.82 Å². The number of sulfonamides is 1. The molecule has 1 saturated heterocycles. The topological polar surface area (TPSA) is 140 Å². The van der Waals surface area contributed by atoms with Crippen LogP contribution in [0.3, 0.4) is 0 Å². The molecule has 38 heavy (non-hydrogen) atoms. The van der Waals surface area contributed by atoms with Crippen molar-refractivity contribution in [2.45, 2.75) is 44.0 Å². The fraction of sp³-hybridized carbons (Fsp3) is 0.500. The Kier molecular flexibility index (Phi) is 9.03. The van der Waals surface area contributed by atoms with Crippen LogP contribution in [0.5, 0.6) is 11.5 Å². The molecular weight excluding hydrogens is 536 g/mol. The summed E-state index contributed by atoms with van der Waals surface area (Å²) in [5, 5.41) is 7.82. The summed E-state index contributed by atoms with van der Waals surface area (Å²) in [6.07, 6.45) is 3.24. The third-order valence-electron chi connectivity index (χ3n) is 6.15. The van der Waals surface area contributed by atoms with Crippen LogP contribution in [0.1, 0.15) is 50.4 Å². The Hall–Kier alpha value is -3.00. The number of methoxy groups -OCH3 is 2. The third-order valence-corrected chi connectivity index (χ3v) is 8.04. The van der Waals surface area contributed by atoms with Crippen molar-refractivity contribution in [1.82, 2.24) is 24.7 Å². The molecule has 1 aliphatic heterocycles. The van der Waals surface area contributed by atoms with Crippen molar-refractivity contribution in [2.75, 3.05) is 38.8 Å². The molecule has 0 unspecified atom stereocenters. The summed E-state index contributed by atoms with van der Waals surface area (Å²) in [5.41, 5.74) is 0.467. The highest BCUT2D eigenvalue weighted by molar-refractivity contribution is 7.93. The number of benzene rings is 1. The van der Waals surface area contributed by atoms with E-state index in [1.54, 1.807) is 22.8 Å². The number of nitrogens with zero attached hydrogens (tertiary/aromatic N) is 5. The van der Waals surface area contributed by atoms with Crippen LogP contribution in [-0.2, 0) is 19.5 Å². The summed E-state index contributed by atoms with van der Waals surface area (Å²) < 4.78 is 54.3. The maximum atomic E-state index is 13.7. The predicted octanol–water partition coefficient (Wildman–Crippen LogP) is 3.53. The molecule has 1 aromatic carbocycles. The molecule has 4 rings (SSSR count). The molecule has 0 radical (unpaired) electrons. The fourth-order valence-corrected chi connectivity index (χ4v) is 5.35. The van der Waals surface area contributed by atoms with Gasteiger partial charge >= 0.3 is 0 Å². The zero-order chi connectivity index (χ0) is 27.3. The van der Waals surface area contributed by atoms with Crippen molar-refractivity contribution in [3.05, 3.63) is 47.3 Å². The summed E-state index contributed by atoms with van der Waals surface area (Å²) in [7, 11) is -1.06. The largest absolute Gasteiger partial charge is 0.494 e. The van der Waals surface area contributed by atoms with Crippen molar-refractivity contribution in [3.8, 4) is 17.2 Å². The first kappa shape index (κ1) is 28.0. The lowest BCUT2D eigenvalue weighted by molar-refractivity contribution is 0.0466. The van der Waals surface area contributed by atoms with Gasteiger partial charge in [-0.1, -0.05) is 24.6 Å². The van der Waals surface area contributed by atoms with Crippen LogP contribution in [0.2, 0.25) is 5.02 Å². The molecular formula is C24H31ClN6O6S. The number of aromatic nitrogens is 5. The molecule has 2 aromatic heterocycles. The van der Waals surface area contributed by atoms with Gasteiger partial charge < -0.3 is 18.9 Å². The van der Waals surface area contributed by atoms with Gasteiger partial charge in [-0.3, -0.25) is 9.29 Å². The number of halogens is 1. The van der Waals surface area contributed by atoms with E-state index in [0.717, 1.165) is 0 Å². The van der Waals surface area contributed by atoms with Crippen LogP contribution in [-0.4, -0.2) is 72.4 Å². The molecule has 1 fully saturated rings. The average molecular weight is 567 g/mol. The van der Waals surface area contributed by atoms with E-state index < -0.39 is 21.4 Å². The standard InChI is InChI=1S/C24H31ClN6O6S/c1-5-10-37-21(22-26-12-17(25)13-27-22)15(2)38(32,33)30-24-29-28-23(16-9-11-36-14-16)31(24)20-18(34-3)7-6-8-19(20)35-4/h6-8,12-13,15-16,21H,5,9-11,14H2,1-4H3,(H,29,30)/t15-,16+,21+/m0/s1. The molecule has 3 atom stereocenters. The molecule has 0 bridgehead atoms. The quantitative estimate of drug-likeness (QED) is 0.346. The molecule has 0 saturated carbocycles. The minimum absolute atomic E-state index is 0.0205. The van der Waals surface area contributed by atoms with E-state index in [4.69, 9.17) is 30.5 Å². The second-order valence-electron chi connectivity index (χ2n) is 8.69. The van der Waals surface area contributed by atoms with Gasteiger partial charge in [-0.2, -0.15) is 0 Å². The lowest BCUT2D eigenvalue weighted by Gasteiger charge is -2.24. The predicted molar refractivity (Wildman–Crippen MR) is 141 cm³/mol. The molecule has 1 aliphatic rings. The minimum atomic E-state index is -4.11. The molecule has 12 nitrogen and oxygen atoms in total. The number of hydrogen-bond donors (Lipinski definition) is 1. The Labute approximate surface area is 226 Å². The van der Waals surface area contributed by atoms with E-state index in [9.17, 15) is 8.42 Å². The molecule has 3 heterocycles. The van der Waals surface area contributed by atoms with Crippen LogP contribution in [0, 0.1) is 0 Å². The molecule has 3 aromatic rings. The summed E-state index contributed by atoms with van der Waals surface area (Å²) >= 11 is 5.93. The maximum absolute atomic E-state index is 13.7. The first-order valence-corrected chi connectivity index (χ1v) is 14.1. The number of rotatable bonds is 12. The second-order valence-corrected chi connectivity index (χ2v) is 11.2. The normalized spacial score (nSPS) is 17.2. The van der Waals surface area contributed by atoms with Gasteiger partial charge in [0.2, 0.25) is 16.0 Å². The van der Waals surface area contributed by atoms with Crippen molar-refractivity contribution in [2.24, 2.45) is 0 Å². The number of anilines is 1. The number of ether oxygens (including phenoxy) is 4. The Morgan fingerprint density at radius 3 is 2.45 bits per heavy atom. The van der Waals surface area contributed by atoms with Crippen LogP contribution >= 0.6 is 11.6 Å². The van der Waals surface area contributed by atoms with Crippen molar-refractivity contribution in [1.29, 1.82) is 0 Å². The lowest BCUT2D eigenvalue weighted by atomic mass is 10.1. The zero-order valence-corrected chi connectivity index (χ0v) is 23.2. The zero-order valence-electron chi connectivity index (χ0n) is 21.6. The van der Waals surface area contributed by atoms with Crippen LogP contribution < -0.4 is 14.2 Å². The first-order valence-electron chi connectivity index (χ1n) is 12.2. The molecule has 1 N–H and O–H groups in total. The molecule has 0 aliphatic carbocycles. The fourth-order valence-electron chi connectivity index (χ4n) is 4.15.